The lowest BCUT2D eigenvalue weighted by molar-refractivity contribution is -0.139. The lowest BCUT2D eigenvalue weighted by Crippen LogP contribution is -2.54. The minimum absolute atomic E-state index is 0.0119. The van der Waals surface area contributed by atoms with E-state index in [9.17, 15) is 18.8 Å². The van der Waals surface area contributed by atoms with Crippen molar-refractivity contribution in [3.05, 3.63) is 59.7 Å². The van der Waals surface area contributed by atoms with Gasteiger partial charge in [-0.2, -0.15) is 0 Å². The van der Waals surface area contributed by atoms with E-state index in [0.717, 1.165) is 39.0 Å². The van der Waals surface area contributed by atoms with Crippen LogP contribution in [0.3, 0.4) is 0 Å². The number of piperazine rings is 1. The number of aromatic nitrogens is 2. The molecule has 1 aromatic heterocycles. The number of piperidine rings is 1. The van der Waals surface area contributed by atoms with Gasteiger partial charge in [0.05, 0.1) is 36.6 Å². The van der Waals surface area contributed by atoms with Gasteiger partial charge in [0.1, 0.15) is 36.9 Å². The summed E-state index contributed by atoms with van der Waals surface area (Å²) in [6, 6.07) is 8.18. The van der Waals surface area contributed by atoms with E-state index < -0.39 is 11.7 Å². The Kier molecular flexibility index (Phi) is 13.3. The highest BCUT2D eigenvalue weighted by Crippen LogP contribution is 2.33. The molecular formula is C34H42ClFN8O6. The van der Waals surface area contributed by atoms with Crippen molar-refractivity contribution in [2.24, 2.45) is 5.73 Å². The van der Waals surface area contributed by atoms with Gasteiger partial charge in [-0.15, -0.1) is 0 Å². The molecule has 2 aliphatic heterocycles. The van der Waals surface area contributed by atoms with E-state index in [1.807, 2.05) is 11.0 Å². The minimum Gasteiger partial charge on any atom is -0.494 e. The van der Waals surface area contributed by atoms with Crippen LogP contribution in [0, 0.1) is 5.82 Å². The summed E-state index contributed by atoms with van der Waals surface area (Å²) in [7, 11) is 1.52. The van der Waals surface area contributed by atoms with Gasteiger partial charge in [0.2, 0.25) is 17.7 Å². The fourth-order valence-electron chi connectivity index (χ4n) is 5.99. The number of hydrogen-bond donors (Lipinski definition) is 3. The quantitative estimate of drug-likeness (QED) is 0.157. The molecule has 268 valence electrons. The van der Waals surface area contributed by atoms with Crippen molar-refractivity contribution in [2.75, 3.05) is 90.0 Å². The second-order valence-electron chi connectivity index (χ2n) is 12.0. The summed E-state index contributed by atoms with van der Waals surface area (Å²) in [5.74, 6) is -0.517. The van der Waals surface area contributed by atoms with Gasteiger partial charge in [-0.3, -0.25) is 24.2 Å². The number of primary amides is 1. The molecule has 0 saturated carbocycles. The van der Waals surface area contributed by atoms with Crippen LogP contribution < -0.4 is 21.1 Å². The standard InChI is InChI=1S/C34H42ClFN8O6/c1-48-30-19-28-25(34(39-22-38-28)40-23-4-5-27(36)26(35)17-23)18-29(30)41-32(46)3-2-8-42-9-6-24(7-10-42)43-11-13-44(14-12-43)33(47)21-50-16-15-49-20-31(37)45/h2-5,17-19,22,24H,6-16,20-21H2,1H3,(H2,37,45)(H,41,46)(H,38,39,40)/b3-2+. The van der Waals surface area contributed by atoms with Crippen LogP contribution in [0.25, 0.3) is 10.9 Å². The van der Waals surface area contributed by atoms with Crippen molar-refractivity contribution in [3.8, 4) is 5.75 Å². The Morgan fingerprint density at radius 1 is 1.02 bits per heavy atom. The first-order valence-corrected chi connectivity index (χ1v) is 16.8. The number of amides is 3. The van der Waals surface area contributed by atoms with Crippen LogP contribution in [-0.2, 0) is 23.9 Å². The zero-order chi connectivity index (χ0) is 35.5. The molecule has 0 aliphatic carbocycles. The number of nitrogens with one attached hydrogen (secondary N) is 2. The number of anilines is 3. The van der Waals surface area contributed by atoms with Gasteiger partial charge >= 0.3 is 0 Å². The third-order valence-corrected chi connectivity index (χ3v) is 8.90. The first kappa shape index (κ1) is 36.9. The van der Waals surface area contributed by atoms with E-state index in [-0.39, 0.29) is 43.3 Å². The normalized spacial score (nSPS) is 16.2. The highest BCUT2D eigenvalue weighted by molar-refractivity contribution is 6.31. The van der Waals surface area contributed by atoms with E-state index in [2.05, 4.69) is 30.4 Å². The van der Waals surface area contributed by atoms with Crippen LogP contribution >= 0.6 is 11.6 Å². The molecule has 5 rings (SSSR count). The highest BCUT2D eigenvalue weighted by atomic mass is 35.5. The maximum atomic E-state index is 13.6. The average Bonchev–Trinajstić information content (AvgIpc) is 3.11. The molecule has 0 unspecified atom stereocenters. The van der Waals surface area contributed by atoms with Gasteiger partial charge in [0.25, 0.3) is 0 Å². The molecule has 2 fully saturated rings. The summed E-state index contributed by atoms with van der Waals surface area (Å²) in [4.78, 5) is 51.4. The topological polar surface area (TPSA) is 164 Å². The van der Waals surface area contributed by atoms with Crippen molar-refractivity contribution in [1.29, 1.82) is 0 Å². The first-order valence-electron chi connectivity index (χ1n) is 16.4. The SMILES string of the molecule is COc1cc2ncnc(Nc3ccc(F)c(Cl)c3)c2cc1NC(=O)/C=C/CN1CCC(N2CCN(C(=O)COCCOCC(N)=O)CC2)CC1. The Balaban J connectivity index is 1.05. The molecule has 4 N–H and O–H groups in total. The molecule has 0 bridgehead atoms. The van der Waals surface area contributed by atoms with Gasteiger partial charge in [0.15, 0.2) is 0 Å². The van der Waals surface area contributed by atoms with Crippen LogP contribution in [0.4, 0.5) is 21.6 Å². The monoisotopic (exact) mass is 712 g/mol. The lowest BCUT2D eigenvalue weighted by Gasteiger charge is -2.42. The van der Waals surface area contributed by atoms with Crippen LogP contribution in [0.2, 0.25) is 5.02 Å². The van der Waals surface area contributed by atoms with Gasteiger partial charge in [-0.25, -0.2) is 14.4 Å². The fraction of sp³-hybridized carbons (Fsp3) is 0.441. The van der Waals surface area contributed by atoms with Crippen molar-refractivity contribution in [2.45, 2.75) is 18.9 Å². The Morgan fingerprint density at radius 3 is 2.46 bits per heavy atom. The molecule has 14 nitrogen and oxygen atoms in total. The molecule has 3 heterocycles. The van der Waals surface area contributed by atoms with Crippen molar-refractivity contribution in [3.63, 3.8) is 0 Å². The zero-order valence-corrected chi connectivity index (χ0v) is 28.7. The number of benzene rings is 2. The summed E-state index contributed by atoms with van der Waals surface area (Å²) in [6.07, 6.45) is 6.80. The second-order valence-corrected chi connectivity index (χ2v) is 12.4. The van der Waals surface area contributed by atoms with Crippen molar-refractivity contribution in [1.82, 2.24) is 24.7 Å². The summed E-state index contributed by atoms with van der Waals surface area (Å²) >= 11 is 5.94. The second kappa shape index (κ2) is 18.0. The minimum atomic E-state index is -0.541. The number of ether oxygens (including phenoxy) is 3. The van der Waals surface area contributed by atoms with E-state index >= 15 is 0 Å². The lowest BCUT2D eigenvalue weighted by atomic mass is 10.0. The predicted molar refractivity (Wildman–Crippen MR) is 187 cm³/mol. The number of likely N-dealkylation sites (tertiary alicyclic amines) is 1. The molecule has 3 aromatic rings. The molecule has 2 aliphatic rings. The van der Waals surface area contributed by atoms with Gasteiger partial charge < -0.3 is 35.5 Å². The van der Waals surface area contributed by atoms with Crippen LogP contribution in [0.1, 0.15) is 12.8 Å². The molecule has 3 amide bonds. The zero-order valence-electron chi connectivity index (χ0n) is 27.9. The largest absolute Gasteiger partial charge is 0.494 e. The van der Waals surface area contributed by atoms with E-state index in [4.69, 9.17) is 31.5 Å². The Morgan fingerprint density at radius 2 is 1.76 bits per heavy atom. The highest BCUT2D eigenvalue weighted by Gasteiger charge is 2.28. The summed E-state index contributed by atoms with van der Waals surface area (Å²) in [6.45, 7) is 5.69. The van der Waals surface area contributed by atoms with Gasteiger partial charge in [0, 0.05) is 62.0 Å². The molecular weight excluding hydrogens is 671 g/mol. The molecule has 2 saturated heterocycles. The summed E-state index contributed by atoms with van der Waals surface area (Å²) in [5, 5.41) is 6.64. The van der Waals surface area contributed by atoms with Crippen LogP contribution in [-0.4, -0.2) is 128 Å². The number of fused-ring (bicyclic) bond motifs is 1. The molecule has 0 radical (unpaired) electrons. The number of nitrogens with two attached hydrogens (primary N) is 1. The van der Waals surface area contributed by atoms with Crippen LogP contribution in [0.15, 0.2) is 48.8 Å². The predicted octanol–water partition coefficient (Wildman–Crippen LogP) is 2.80. The Labute approximate surface area is 294 Å². The van der Waals surface area contributed by atoms with Crippen molar-refractivity contribution < 1.29 is 33.0 Å². The van der Waals surface area contributed by atoms with Gasteiger partial charge in [-0.05, 0) is 50.2 Å². The number of methoxy groups -OCH3 is 1. The number of hydrogen-bond acceptors (Lipinski definition) is 11. The third-order valence-electron chi connectivity index (χ3n) is 8.61. The van der Waals surface area contributed by atoms with E-state index in [0.29, 0.717) is 59.5 Å². The molecule has 0 spiro atoms. The van der Waals surface area contributed by atoms with Gasteiger partial charge in [-0.1, -0.05) is 17.7 Å². The first-order chi connectivity index (χ1) is 24.2. The number of nitrogens with zero attached hydrogens (tertiary/aromatic N) is 5. The Bertz CT molecular complexity index is 1680. The maximum Gasteiger partial charge on any atom is 0.248 e. The van der Waals surface area contributed by atoms with E-state index in [1.165, 1.54) is 31.6 Å². The number of rotatable bonds is 15. The Hall–Kier alpha value is -4.41. The fourth-order valence-corrected chi connectivity index (χ4v) is 6.17. The maximum absolute atomic E-state index is 13.6. The third kappa shape index (κ3) is 10.3. The number of carbonyl (C=O) groups is 3. The molecule has 16 heteroatoms. The molecule has 50 heavy (non-hydrogen) atoms. The number of carbonyl (C=O) groups excluding carboxylic acids is 3. The number of halogens is 2. The smallest absolute Gasteiger partial charge is 0.248 e. The summed E-state index contributed by atoms with van der Waals surface area (Å²) < 4.78 is 29.6. The molecule has 2 aromatic carbocycles. The van der Waals surface area contributed by atoms with Crippen LogP contribution in [0.5, 0.6) is 5.75 Å². The summed E-state index contributed by atoms with van der Waals surface area (Å²) in [5.41, 5.74) is 6.60. The van der Waals surface area contributed by atoms with E-state index in [1.54, 1.807) is 18.2 Å². The molecule has 0 atom stereocenters. The van der Waals surface area contributed by atoms with Crippen molar-refractivity contribution >= 4 is 57.4 Å². The average molecular weight is 713 g/mol.